The van der Waals surface area contributed by atoms with Crippen LogP contribution >= 0.6 is 0 Å². The summed E-state index contributed by atoms with van der Waals surface area (Å²) in [6.45, 7) is 9.13. The van der Waals surface area contributed by atoms with Crippen molar-refractivity contribution < 1.29 is 19.1 Å². The molecule has 136 valence electrons. The fraction of sp³-hybridized carbons (Fsp3) is 0.500. The maximum absolute atomic E-state index is 12.1. The maximum Gasteiger partial charge on any atom is 0.410 e. The first kappa shape index (κ1) is 19.0. The van der Waals surface area contributed by atoms with Crippen molar-refractivity contribution in [3.63, 3.8) is 0 Å². The highest BCUT2D eigenvalue weighted by atomic mass is 16.6. The Morgan fingerprint density at radius 2 is 1.72 bits per heavy atom. The maximum atomic E-state index is 12.1. The fourth-order valence-corrected chi connectivity index (χ4v) is 2.61. The molecule has 1 saturated heterocycles. The van der Waals surface area contributed by atoms with Crippen LogP contribution < -0.4 is 0 Å². The number of benzene rings is 1. The molecule has 1 aromatic rings. The van der Waals surface area contributed by atoms with E-state index in [-0.39, 0.29) is 12.1 Å². The van der Waals surface area contributed by atoms with Gasteiger partial charge in [-0.1, -0.05) is 23.8 Å². The van der Waals surface area contributed by atoms with Crippen LogP contribution in [0.25, 0.3) is 6.08 Å². The second-order valence-corrected chi connectivity index (χ2v) is 7.11. The summed E-state index contributed by atoms with van der Waals surface area (Å²) in [5.41, 5.74) is 2.44. The van der Waals surface area contributed by atoms with E-state index in [9.17, 15) is 9.59 Å². The molecule has 1 aliphatic heterocycles. The molecule has 25 heavy (non-hydrogen) atoms. The number of carbonyl (C=O) groups excluding carboxylic acids is 2. The summed E-state index contributed by atoms with van der Waals surface area (Å²) in [4.78, 5) is 25.5. The van der Waals surface area contributed by atoms with Crippen LogP contribution in [0.5, 0.6) is 0 Å². The third kappa shape index (κ3) is 5.93. The lowest BCUT2D eigenvalue weighted by Gasteiger charge is -2.31. The summed E-state index contributed by atoms with van der Waals surface area (Å²) in [6.07, 6.45) is 3.55. The van der Waals surface area contributed by atoms with Gasteiger partial charge in [-0.05, 0) is 58.2 Å². The Balaban J connectivity index is 1.92. The van der Waals surface area contributed by atoms with Crippen LogP contribution in [0, 0.1) is 0 Å². The Morgan fingerprint density at radius 3 is 2.24 bits per heavy atom. The molecule has 0 N–H and O–H groups in total. The molecule has 0 radical (unpaired) electrons. The highest BCUT2D eigenvalue weighted by Gasteiger charge is 2.24. The average Bonchev–Trinajstić information content (AvgIpc) is 2.55. The minimum absolute atomic E-state index is 0.245. The van der Waals surface area contributed by atoms with Crippen LogP contribution in [-0.2, 0) is 9.47 Å². The molecule has 1 aliphatic rings. The third-order valence-corrected chi connectivity index (χ3v) is 3.85. The Hall–Kier alpha value is -2.30. The van der Waals surface area contributed by atoms with E-state index in [0.29, 0.717) is 25.3 Å². The monoisotopic (exact) mass is 345 g/mol. The highest BCUT2D eigenvalue weighted by molar-refractivity contribution is 5.89. The van der Waals surface area contributed by atoms with Crippen LogP contribution in [-0.4, -0.2) is 42.3 Å². The summed E-state index contributed by atoms with van der Waals surface area (Å²) in [5, 5.41) is 0. The zero-order chi connectivity index (χ0) is 18.4. The summed E-state index contributed by atoms with van der Waals surface area (Å²) in [7, 11) is 0. The number of carbonyl (C=O) groups is 2. The van der Waals surface area contributed by atoms with Crippen molar-refractivity contribution in [1.82, 2.24) is 4.90 Å². The lowest BCUT2D eigenvalue weighted by Crippen LogP contribution is -2.40. The first-order valence-electron chi connectivity index (χ1n) is 8.73. The summed E-state index contributed by atoms with van der Waals surface area (Å²) in [5.74, 6) is -0.299. The van der Waals surface area contributed by atoms with Gasteiger partial charge in [-0.25, -0.2) is 9.59 Å². The number of rotatable bonds is 3. The number of piperidine rings is 1. The number of hydrogen-bond donors (Lipinski definition) is 0. The van der Waals surface area contributed by atoms with E-state index in [2.05, 4.69) is 6.08 Å². The van der Waals surface area contributed by atoms with Crippen LogP contribution in [0.4, 0.5) is 4.79 Å². The standard InChI is InChI=1S/C20H27NO4/c1-5-24-18(22)17-8-6-15(7-9-17)14-16-10-12-21(13-11-16)19(23)25-20(2,3)4/h6-9,14H,5,10-13H2,1-4H3. The van der Waals surface area contributed by atoms with E-state index in [1.807, 2.05) is 32.9 Å². The van der Waals surface area contributed by atoms with Crippen molar-refractivity contribution in [2.24, 2.45) is 0 Å². The molecule has 0 aromatic heterocycles. The molecular formula is C20H27NO4. The van der Waals surface area contributed by atoms with Crippen molar-refractivity contribution in [3.8, 4) is 0 Å². The van der Waals surface area contributed by atoms with Crippen molar-refractivity contribution in [1.29, 1.82) is 0 Å². The topological polar surface area (TPSA) is 55.8 Å². The van der Waals surface area contributed by atoms with E-state index in [4.69, 9.17) is 9.47 Å². The number of esters is 1. The number of ether oxygens (including phenoxy) is 2. The molecule has 0 spiro atoms. The minimum Gasteiger partial charge on any atom is -0.462 e. The second-order valence-electron chi connectivity index (χ2n) is 7.11. The third-order valence-electron chi connectivity index (χ3n) is 3.85. The first-order valence-corrected chi connectivity index (χ1v) is 8.73. The Labute approximate surface area is 149 Å². The summed E-state index contributed by atoms with van der Waals surface area (Å²) in [6, 6.07) is 7.39. The number of amides is 1. The van der Waals surface area contributed by atoms with Gasteiger partial charge in [0.15, 0.2) is 0 Å². The molecule has 0 atom stereocenters. The highest BCUT2D eigenvalue weighted by Crippen LogP contribution is 2.21. The predicted molar refractivity (Wildman–Crippen MR) is 97.4 cm³/mol. The van der Waals surface area contributed by atoms with Gasteiger partial charge in [0, 0.05) is 13.1 Å². The van der Waals surface area contributed by atoms with Gasteiger partial charge < -0.3 is 14.4 Å². The lowest BCUT2D eigenvalue weighted by atomic mass is 10.0. The number of nitrogens with zero attached hydrogens (tertiary/aromatic N) is 1. The van der Waals surface area contributed by atoms with Gasteiger partial charge in [-0.2, -0.15) is 0 Å². The van der Waals surface area contributed by atoms with E-state index >= 15 is 0 Å². The van der Waals surface area contributed by atoms with E-state index in [1.54, 1.807) is 24.0 Å². The predicted octanol–water partition coefficient (Wildman–Crippen LogP) is 4.28. The second kappa shape index (κ2) is 8.19. The average molecular weight is 345 g/mol. The van der Waals surface area contributed by atoms with Gasteiger partial charge in [0.05, 0.1) is 12.2 Å². The van der Waals surface area contributed by atoms with E-state index < -0.39 is 5.60 Å². The largest absolute Gasteiger partial charge is 0.462 e. The molecule has 0 bridgehead atoms. The number of likely N-dealkylation sites (tertiary alicyclic amines) is 1. The van der Waals surface area contributed by atoms with Gasteiger partial charge in [-0.3, -0.25) is 0 Å². The van der Waals surface area contributed by atoms with Crippen molar-refractivity contribution in [3.05, 3.63) is 41.0 Å². The van der Waals surface area contributed by atoms with Crippen molar-refractivity contribution in [2.75, 3.05) is 19.7 Å². The molecular weight excluding hydrogens is 318 g/mol. The van der Waals surface area contributed by atoms with Gasteiger partial charge in [0.2, 0.25) is 0 Å². The zero-order valence-electron chi connectivity index (χ0n) is 15.5. The van der Waals surface area contributed by atoms with Crippen LogP contribution in [0.2, 0.25) is 0 Å². The molecule has 1 heterocycles. The molecule has 0 aliphatic carbocycles. The minimum atomic E-state index is -0.464. The Kier molecular flexibility index (Phi) is 6.23. The van der Waals surface area contributed by atoms with Gasteiger partial charge in [0.1, 0.15) is 5.60 Å². The van der Waals surface area contributed by atoms with Crippen LogP contribution in [0.1, 0.15) is 56.5 Å². The Morgan fingerprint density at radius 1 is 1.12 bits per heavy atom. The van der Waals surface area contributed by atoms with E-state index in [0.717, 1.165) is 18.4 Å². The Bertz CT molecular complexity index is 631. The molecule has 1 fully saturated rings. The molecule has 5 heteroatoms. The van der Waals surface area contributed by atoms with Crippen LogP contribution in [0.3, 0.4) is 0 Å². The quantitative estimate of drug-likeness (QED) is 0.767. The molecule has 2 rings (SSSR count). The first-order chi connectivity index (χ1) is 11.8. The molecule has 0 saturated carbocycles. The smallest absolute Gasteiger partial charge is 0.410 e. The van der Waals surface area contributed by atoms with Crippen LogP contribution in [0.15, 0.2) is 29.8 Å². The summed E-state index contributed by atoms with van der Waals surface area (Å²) < 4.78 is 10.4. The van der Waals surface area contributed by atoms with E-state index in [1.165, 1.54) is 5.57 Å². The van der Waals surface area contributed by atoms with Crippen molar-refractivity contribution in [2.45, 2.75) is 46.1 Å². The lowest BCUT2D eigenvalue weighted by molar-refractivity contribution is 0.0236. The fourth-order valence-electron chi connectivity index (χ4n) is 2.61. The summed E-state index contributed by atoms with van der Waals surface area (Å²) >= 11 is 0. The molecule has 0 unspecified atom stereocenters. The molecule has 1 amide bonds. The zero-order valence-corrected chi connectivity index (χ0v) is 15.5. The normalized spacial score (nSPS) is 14.9. The molecule has 5 nitrogen and oxygen atoms in total. The molecule has 1 aromatic carbocycles. The van der Waals surface area contributed by atoms with Gasteiger partial charge >= 0.3 is 12.1 Å². The SMILES string of the molecule is CCOC(=O)c1ccc(C=C2CCN(C(=O)OC(C)(C)C)CC2)cc1. The van der Waals surface area contributed by atoms with Crippen molar-refractivity contribution >= 4 is 18.1 Å². The van der Waals surface area contributed by atoms with Gasteiger partial charge in [0.25, 0.3) is 0 Å². The number of hydrogen-bond acceptors (Lipinski definition) is 4. The van der Waals surface area contributed by atoms with Gasteiger partial charge in [-0.15, -0.1) is 0 Å².